The summed E-state index contributed by atoms with van der Waals surface area (Å²) in [6.07, 6.45) is 0. The van der Waals surface area contributed by atoms with E-state index in [4.69, 9.17) is 18.6 Å². The van der Waals surface area contributed by atoms with Gasteiger partial charge < -0.3 is 18.6 Å². The molecule has 1 amide bonds. The normalized spacial score (nSPS) is 10.4. The summed E-state index contributed by atoms with van der Waals surface area (Å²) in [6.45, 7) is 0. The maximum absolute atomic E-state index is 12.6. The third kappa shape index (κ3) is 4.64. The van der Waals surface area contributed by atoms with Gasteiger partial charge in [-0.3, -0.25) is 10.1 Å². The number of hydrogen-bond acceptors (Lipinski definition) is 7. The van der Waals surface area contributed by atoms with Gasteiger partial charge in [-0.25, -0.2) is 0 Å². The Labute approximate surface area is 178 Å². The summed E-state index contributed by atoms with van der Waals surface area (Å²) in [5.74, 6) is 2.13. The Hall–Kier alpha value is -4.33. The summed E-state index contributed by atoms with van der Waals surface area (Å²) in [5, 5.41) is 10.5. The molecule has 0 bridgehead atoms. The van der Waals surface area contributed by atoms with Crippen LogP contribution in [-0.2, 0) is 0 Å². The van der Waals surface area contributed by atoms with Crippen LogP contribution in [0.3, 0.4) is 0 Å². The lowest BCUT2D eigenvalue weighted by atomic mass is 10.2. The first-order valence-corrected chi connectivity index (χ1v) is 9.36. The standard InChI is InChI=1S/C23H19N3O5/c1-28-17-11-12-20(29-2)19(14-17)22-25-26-23(31-22)24-21(27)15-7-6-10-18(13-15)30-16-8-4-3-5-9-16/h3-14H,1-2H3,(H,24,26,27). The number of amides is 1. The Morgan fingerprint density at radius 3 is 2.42 bits per heavy atom. The van der Waals surface area contributed by atoms with Crippen LogP contribution in [0.2, 0.25) is 0 Å². The lowest BCUT2D eigenvalue weighted by molar-refractivity contribution is 0.102. The molecule has 3 aromatic carbocycles. The van der Waals surface area contributed by atoms with Gasteiger partial charge in [0.2, 0.25) is 0 Å². The van der Waals surface area contributed by atoms with Crippen molar-refractivity contribution >= 4 is 11.9 Å². The van der Waals surface area contributed by atoms with Crippen LogP contribution in [-0.4, -0.2) is 30.3 Å². The van der Waals surface area contributed by atoms with Crippen LogP contribution in [0.1, 0.15) is 10.4 Å². The van der Waals surface area contributed by atoms with Gasteiger partial charge in [-0.1, -0.05) is 29.4 Å². The predicted octanol–water partition coefficient (Wildman–Crippen LogP) is 4.80. The Bertz CT molecular complexity index is 1190. The van der Waals surface area contributed by atoms with Crippen molar-refractivity contribution in [2.45, 2.75) is 0 Å². The topological polar surface area (TPSA) is 95.7 Å². The average molecular weight is 417 g/mol. The number of methoxy groups -OCH3 is 2. The van der Waals surface area contributed by atoms with Gasteiger partial charge in [-0.2, -0.15) is 0 Å². The zero-order valence-electron chi connectivity index (χ0n) is 16.9. The fourth-order valence-electron chi connectivity index (χ4n) is 2.86. The summed E-state index contributed by atoms with van der Waals surface area (Å²) in [7, 11) is 3.09. The molecule has 8 heteroatoms. The van der Waals surface area contributed by atoms with E-state index in [2.05, 4.69) is 15.5 Å². The van der Waals surface area contributed by atoms with Crippen molar-refractivity contribution in [1.82, 2.24) is 10.2 Å². The number of ether oxygens (including phenoxy) is 3. The highest BCUT2D eigenvalue weighted by atomic mass is 16.5. The van der Waals surface area contributed by atoms with Gasteiger partial charge in [0.15, 0.2) is 0 Å². The lowest BCUT2D eigenvalue weighted by Gasteiger charge is -2.07. The minimum atomic E-state index is -0.411. The number of carbonyl (C=O) groups excluding carboxylic acids is 1. The van der Waals surface area contributed by atoms with Gasteiger partial charge in [-0.15, -0.1) is 5.10 Å². The van der Waals surface area contributed by atoms with Crippen LogP contribution in [0.5, 0.6) is 23.0 Å². The van der Waals surface area contributed by atoms with E-state index in [1.54, 1.807) is 49.6 Å². The van der Waals surface area contributed by atoms with Crippen molar-refractivity contribution in [1.29, 1.82) is 0 Å². The maximum atomic E-state index is 12.6. The fourth-order valence-corrected chi connectivity index (χ4v) is 2.86. The van der Waals surface area contributed by atoms with E-state index in [1.807, 2.05) is 30.3 Å². The molecule has 1 N–H and O–H groups in total. The van der Waals surface area contributed by atoms with Gasteiger partial charge in [0.1, 0.15) is 23.0 Å². The highest BCUT2D eigenvalue weighted by Crippen LogP contribution is 2.33. The molecule has 1 aromatic heterocycles. The largest absolute Gasteiger partial charge is 0.497 e. The number of rotatable bonds is 7. The highest BCUT2D eigenvalue weighted by Gasteiger charge is 2.17. The second-order valence-corrected chi connectivity index (χ2v) is 6.38. The van der Waals surface area contributed by atoms with Crippen LogP contribution in [0.4, 0.5) is 6.01 Å². The fraction of sp³-hybridized carbons (Fsp3) is 0.0870. The summed E-state index contributed by atoms with van der Waals surface area (Å²) >= 11 is 0. The molecule has 0 unspecified atom stereocenters. The molecule has 0 aliphatic heterocycles. The Kier molecular flexibility index (Phi) is 5.79. The van der Waals surface area contributed by atoms with Crippen LogP contribution in [0, 0.1) is 0 Å². The molecular weight excluding hydrogens is 398 g/mol. The number of nitrogens with zero attached hydrogens (tertiary/aromatic N) is 2. The SMILES string of the molecule is COc1ccc(OC)c(-c2nnc(NC(=O)c3cccc(Oc4ccccc4)c3)o2)c1. The Balaban J connectivity index is 1.50. The molecule has 4 rings (SSSR count). The summed E-state index contributed by atoms with van der Waals surface area (Å²) in [4.78, 5) is 12.6. The first-order chi connectivity index (χ1) is 15.2. The van der Waals surface area contributed by atoms with Crippen LogP contribution < -0.4 is 19.5 Å². The van der Waals surface area contributed by atoms with Gasteiger partial charge in [-0.05, 0) is 48.5 Å². The quantitative estimate of drug-likeness (QED) is 0.461. The van der Waals surface area contributed by atoms with Crippen molar-refractivity contribution in [2.24, 2.45) is 0 Å². The number of carbonyl (C=O) groups is 1. The molecule has 0 saturated carbocycles. The van der Waals surface area contributed by atoms with E-state index in [9.17, 15) is 4.79 Å². The van der Waals surface area contributed by atoms with E-state index in [0.29, 0.717) is 34.1 Å². The molecule has 156 valence electrons. The molecule has 4 aromatic rings. The van der Waals surface area contributed by atoms with Crippen molar-refractivity contribution < 1.29 is 23.4 Å². The average Bonchev–Trinajstić information content (AvgIpc) is 3.27. The van der Waals surface area contributed by atoms with Crippen molar-refractivity contribution in [3.8, 4) is 34.5 Å². The molecule has 0 aliphatic carbocycles. The molecular formula is C23H19N3O5. The lowest BCUT2D eigenvalue weighted by Crippen LogP contribution is -2.12. The molecule has 0 radical (unpaired) electrons. The Morgan fingerprint density at radius 2 is 1.65 bits per heavy atom. The first-order valence-electron chi connectivity index (χ1n) is 9.36. The van der Waals surface area contributed by atoms with Crippen molar-refractivity contribution in [3.05, 3.63) is 78.4 Å². The molecule has 0 atom stereocenters. The molecule has 31 heavy (non-hydrogen) atoms. The second kappa shape index (κ2) is 9.00. The molecule has 0 fully saturated rings. The monoisotopic (exact) mass is 417 g/mol. The zero-order valence-corrected chi connectivity index (χ0v) is 16.9. The minimum absolute atomic E-state index is 0.0424. The molecule has 0 aliphatic rings. The van der Waals surface area contributed by atoms with Crippen LogP contribution >= 0.6 is 0 Å². The smallest absolute Gasteiger partial charge is 0.322 e. The number of nitrogens with one attached hydrogen (secondary N) is 1. The second-order valence-electron chi connectivity index (χ2n) is 6.38. The first kappa shape index (κ1) is 20.0. The number of para-hydroxylation sites is 1. The molecule has 1 heterocycles. The van der Waals surface area contributed by atoms with Gasteiger partial charge >= 0.3 is 6.01 Å². The van der Waals surface area contributed by atoms with Crippen LogP contribution in [0.25, 0.3) is 11.5 Å². The summed E-state index contributed by atoms with van der Waals surface area (Å²) in [6, 6.07) is 21.3. The summed E-state index contributed by atoms with van der Waals surface area (Å²) in [5.41, 5.74) is 0.931. The molecule has 8 nitrogen and oxygen atoms in total. The van der Waals surface area contributed by atoms with Crippen molar-refractivity contribution in [2.75, 3.05) is 19.5 Å². The van der Waals surface area contributed by atoms with E-state index in [-0.39, 0.29) is 11.9 Å². The van der Waals surface area contributed by atoms with E-state index in [1.165, 1.54) is 7.11 Å². The zero-order chi connectivity index (χ0) is 21.6. The number of aromatic nitrogens is 2. The van der Waals surface area contributed by atoms with E-state index >= 15 is 0 Å². The number of anilines is 1. The maximum Gasteiger partial charge on any atom is 0.322 e. The number of benzene rings is 3. The van der Waals surface area contributed by atoms with E-state index in [0.717, 1.165) is 0 Å². The van der Waals surface area contributed by atoms with E-state index < -0.39 is 5.91 Å². The molecule has 0 saturated heterocycles. The number of hydrogen-bond donors (Lipinski definition) is 1. The minimum Gasteiger partial charge on any atom is -0.497 e. The van der Waals surface area contributed by atoms with Gasteiger partial charge in [0, 0.05) is 5.56 Å². The third-order valence-corrected chi connectivity index (χ3v) is 4.36. The molecule has 0 spiro atoms. The Morgan fingerprint density at radius 1 is 0.839 bits per heavy atom. The summed E-state index contributed by atoms with van der Waals surface area (Å²) < 4.78 is 21.9. The predicted molar refractivity (Wildman–Crippen MR) is 114 cm³/mol. The van der Waals surface area contributed by atoms with Gasteiger partial charge in [0.25, 0.3) is 11.8 Å². The third-order valence-electron chi connectivity index (χ3n) is 4.36. The van der Waals surface area contributed by atoms with Crippen LogP contribution in [0.15, 0.2) is 77.2 Å². The van der Waals surface area contributed by atoms with Crippen molar-refractivity contribution in [3.63, 3.8) is 0 Å². The highest BCUT2D eigenvalue weighted by molar-refractivity contribution is 6.03. The van der Waals surface area contributed by atoms with Gasteiger partial charge in [0.05, 0.1) is 19.8 Å².